The zero-order chi connectivity index (χ0) is 33.4. The van der Waals surface area contributed by atoms with Gasteiger partial charge >= 0.3 is 0 Å². The van der Waals surface area contributed by atoms with Crippen molar-refractivity contribution in [1.82, 2.24) is 0 Å². The Morgan fingerprint density at radius 1 is 0.300 bits per heavy atom. The summed E-state index contributed by atoms with van der Waals surface area (Å²) in [6.07, 6.45) is 0. The van der Waals surface area contributed by atoms with E-state index < -0.39 is 0 Å². The fourth-order valence-electron chi connectivity index (χ4n) is 7.48. The second-order valence-corrected chi connectivity index (χ2v) is 13.1. The van der Waals surface area contributed by atoms with Crippen molar-refractivity contribution in [3.8, 4) is 44.5 Å². The maximum atomic E-state index is 3.75. The predicted octanol–water partition coefficient (Wildman–Crippen LogP) is 13.9. The molecule has 1 N–H and O–H groups in total. The Morgan fingerprint density at radius 3 is 1.48 bits per heavy atom. The molecule has 0 atom stereocenters. The van der Waals surface area contributed by atoms with Crippen molar-refractivity contribution in [2.24, 2.45) is 0 Å². The number of aryl methyl sites for hydroxylation is 1. The van der Waals surface area contributed by atoms with Crippen LogP contribution in [0.25, 0.3) is 76.8 Å². The predicted molar refractivity (Wildman–Crippen MR) is 215 cm³/mol. The zero-order valence-electron chi connectivity index (χ0n) is 27.9. The highest BCUT2D eigenvalue weighted by atomic mass is 14.9. The van der Waals surface area contributed by atoms with Gasteiger partial charge in [-0.1, -0.05) is 146 Å². The van der Waals surface area contributed by atoms with Crippen LogP contribution in [0.3, 0.4) is 0 Å². The molecule has 0 heterocycles. The molecule has 0 spiro atoms. The molecule has 1 nitrogen and oxygen atoms in total. The highest BCUT2D eigenvalue weighted by Crippen LogP contribution is 2.40. The fourth-order valence-corrected chi connectivity index (χ4v) is 7.48. The lowest BCUT2D eigenvalue weighted by molar-refractivity contribution is 1.45. The fraction of sp³-hybridized carbons (Fsp3) is 0.0204. The second-order valence-electron chi connectivity index (χ2n) is 13.1. The summed E-state index contributed by atoms with van der Waals surface area (Å²) in [5.41, 5.74) is 13.0. The van der Waals surface area contributed by atoms with E-state index in [9.17, 15) is 0 Å². The highest BCUT2D eigenvalue weighted by Gasteiger charge is 2.13. The van der Waals surface area contributed by atoms with Gasteiger partial charge in [0.2, 0.25) is 0 Å². The van der Waals surface area contributed by atoms with Crippen LogP contribution in [0.5, 0.6) is 0 Å². The van der Waals surface area contributed by atoms with Gasteiger partial charge in [-0.25, -0.2) is 0 Å². The molecule has 0 aliphatic carbocycles. The molecule has 9 aromatic rings. The van der Waals surface area contributed by atoms with Crippen LogP contribution in [-0.4, -0.2) is 0 Å². The normalized spacial score (nSPS) is 11.3. The van der Waals surface area contributed by atoms with Gasteiger partial charge in [0.05, 0.1) is 0 Å². The molecule has 50 heavy (non-hydrogen) atoms. The summed E-state index contributed by atoms with van der Waals surface area (Å²) in [7, 11) is 0. The molecule has 0 amide bonds. The van der Waals surface area contributed by atoms with Crippen LogP contribution < -0.4 is 5.32 Å². The first-order valence-electron chi connectivity index (χ1n) is 17.3. The smallest absolute Gasteiger partial charge is 0.0464 e. The average Bonchev–Trinajstić information content (AvgIpc) is 3.18. The molecule has 9 aromatic carbocycles. The van der Waals surface area contributed by atoms with Crippen LogP contribution in [0.15, 0.2) is 188 Å². The Kier molecular flexibility index (Phi) is 7.44. The Hall–Kier alpha value is -6.44. The number of benzene rings is 9. The van der Waals surface area contributed by atoms with Gasteiger partial charge in [0.15, 0.2) is 0 Å². The van der Waals surface area contributed by atoms with Gasteiger partial charge < -0.3 is 5.32 Å². The molecule has 1 heteroatoms. The molecule has 0 aliphatic heterocycles. The van der Waals surface area contributed by atoms with Gasteiger partial charge in [-0.05, 0) is 126 Å². The third-order valence-electron chi connectivity index (χ3n) is 9.95. The largest absolute Gasteiger partial charge is 0.355 e. The summed E-state index contributed by atoms with van der Waals surface area (Å²) in [6, 6.07) is 68.2. The van der Waals surface area contributed by atoms with E-state index in [-0.39, 0.29) is 0 Å². The quantitative estimate of drug-likeness (QED) is 0.179. The molecule has 9 rings (SSSR count). The minimum absolute atomic E-state index is 1.05. The number of rotatable bonds is 6. The Labute approximate surface area is 293 Å². The lowest BCUT2D eigenvalue weighted by atomic mass is 9.90. The number of para-hydroxylation sites is 1. The first-order chi connectivity index (χ1) is 24.7. The lowest BCUT2D eigenvalue weighted by Crippen LogP contribution is -1.95. The van der Waals surface area contributed by atoms with Crippen LogP contribution in [0.4, 0.5) is 11.4 Å². The van der Waals surface area contributed by atoms with E-state index in [0.29, 0.717) is 0 Å². The molecule has 236 valence electrons. The van der Waals surface area contributed by atoms with Gasteiger partial charge in [0.1, 0.15) is 0 Å². The first kappa shape index (κ1) is 29.7. The van der Waals surface area contributed by atoms with Crippen LogP contribution in [0.2, 0.25) is 0 Å². The molecular formula is C49H35N. The van der Waals surface area contributed by atoms with Crippen molar-refractivity contribution in [3.63, 3.8) is 0 Å². The van der Waals surface area contributed by atoms with Crippen molar-refractivity contribution in [3.05, 3.63) is 194 Å². The summed E-state index contributed by atoms with van der Waals surface area (Å²) in [6.45, 7) is 2.17. The topological polar surface area (TPSA) is 12.0 Å². The highest BCUT2D eigenvalue weighted by molar-refractivity contribution is 6.25. The molecule has 0 saturated heterocycles. The van der Waals surface area contributed by atoms with Gasteiger partial charge in [-0.15, -0.1) is 0 Å². The SMILES string of the molecule is Cc1ccccc1-c1ccccc1Nc1cccc(-c2cc(-c3ccccc3)cc(-c3ccc4c5ccccc5c5ccccc5c4c3)c2)c1. The van der Waals surface area contributed by atoms with E-state index in [1.54, 1.807) is 0 Å². The number of nitrogens with one attached hydrogen (secondary N) is 1. The maximum Gasteiger partial charge on any atom is 0.0464 e. The molecule has 0 radical (unpaired) electrons. The summed E-state index contributed by atoms with van der Waals surface area (Å²) >= 11 is 0. The van der Waals surface area contributed by atoms with Gasteiger partial charge in [-0.3, -0.25) is 0 Å². The van der Waals surface area contributed by atoms with E-state index in [0.717, 1.165) is 11.4 Å². The monoisotopic (exact) mass is 637 g/mol. The third kappa shape index (κ3) is 5.40. The third-order valence-corrected chi connectivity index (χ3v) is 9.95. The Balaban J connectivity index is 1.17. The van der Waals surface area contributed by atoms with E-state index in [4.69, 9.17) is 0 Å². The molecule has 0 aromatic heterocycles. The van der Waals surface area contributed by atoms with Crippen molar-refractivity contribution in [1.29, 1.82) is 0 Å². The van der Waals surface area contributed by atoms with Crippen LogP contribution >= 0.6 is 0 Å². The van der Waals surface area contributed by atoms with Gasteiger partial charge in [0.25, 0.3) is 0 Å². The standard InChI is InChI=1S/C49H35N/c1-33-14-5-6-19-41(33)47-24-11-12-25-49(47)50-40-18-13-17-35(31-40)38-28-37(34-15-3-2-4-16-34)29-39(30-38)36-26-27-46-44-22-8-7-20-42(44)43-21-9-10-23-45(43)48(46)32-36/h2-32,50H,1H3. The van der Waals surface area contributed by atoms with Crippen molar-refractivity contribution < 1.29 is 0 Å². The van der Waals surface area contributed by atoms with Crippen molar-refractivity contribution >= 4 is 43.7 Å². The molecule has 0 saturated carbocycles. The number of fused-ring (bicyclic) bond motifs is 6. The first-order valence-corrected chi connectivity index (χ1v) is 17.3. The van der Waals surface area contributed by atoms with Gasteiger partial charge in [0, 0.05) is 16.9 Å². The molecule has 0 aliphatic rings. The molecule has 0 bridgehead atoms. The lowest BCUT2D eigenvalue weighted by Gasteiger charge is -2.16. The Bertz CT molecular complexity index is 2650. The van der Waals surface area contributed by atoms with E-state index in [1.165, 1.54) is 82.4 Å². The molecule has 0 unspecified atom stereocenters. The van der Waals surface area contributed by atoms with Crippen LogP contribution in [0.1, 0.15) is 5.56 Å². The minimum Gasteiger partial charge on any atom is -0.355 e. The summed E-state index contributed by atoms with van der Waals surface area (Å²) in [4.78, 5) is 0. The maximum absolute atomic E-state index is 3.75. The van der Waals surface area contributed by atoms with Crippen molar-refractivity contribution in [2.45, 2.75) is 6.92 Å². The number of anilines is 2. The van der Waals surface area contributed by atoms with Crippen molar-refractivity contribution in [2.75, 3.05) is 5.32 Å². The summed E-state index contributed by atoms with van der Waals surface area (Å²) < 4.78 is 0. The average molecular weight is 638 g/mol. The second kappa shape index (κ2) is 12.5. The van der Waals surface area contributed by atoms with Gasteiger partial charge in [-0.2, -0.15) is 0 Å². The zero-order valence-corrected chi connectivity index (χ0v) is 27.9. The van der Waals surface area contributed by atoms with Crippen LogP contribution in [-0.2, 0) is 0 Å². The summed E-state index contributed by atoms with van der Waals surface area (Å²) in [5, 5.41) is 11.5. The Morgan fingerprint density at radius 2 is 0.800 bits per heavy atom. The van der Waals surface area contributed by atoms with E-state index in [1.807, 2.05) is 0 Å². The summed E-state index contributed by atoms with van der Waals surface area (Å²) in [5.74, 6) is 0. The van der Waals surface area contributed by atoms with E-state index >= 15 is 0 Å². The van der Waals surface area contributed by atoms with E-state index in [2.05, 4.69) is 200 Å². The molecule has 0 fully saturated rings. The number of hydrogen-bond acceptors (Lipinski definition) is 1. The molecular weight excluding hydrogens is 603 g/mol. The minimum atomic E-state index is 1.05. The number of hydrogen-bond donors (Lipinski definition) is 1. The van der Waals surface area contributed by atoms with Crippen LogP contribution in [0, 0.1) is 6.92 Å².